The number of aromatic nitrogens is 1. The molecule has 0 saturated heterocycles. The van der Waals surface area contributed by atoms with Gasteiger partial charge >= 0.3 is 5.97 Å². The van der Waals surface area contributed by atoms with E-state index in [2.05, 4.69) is 29.5 Å². The van der Waals surface area contributed by atoms with Gasteiger partial charge in [-0.15, -0.1) is 11.3 Å². The number of amides is 3. The third kappa shape index (κ3) is 15.1. The lowest BCUT2D eigenvalue weighted by atomic mass is 9.95. The molecule has 10 nitrogen and oxygen atoms in total. The summed E-state index contributed by atoms with van der Waals surface area (Å²) >= 11 is 1.32. The van der Waals surface area contributed by atoms with Gasteiger partial charge in [0.05, 0.1) is 0 Å². The van der Waals surface area contributed by atoms with Crippen molar-refractivity contribution in [1.82, 2.24) is 20.5 Å². The van der Waals surface area contributed by atoms with E-state index in [9.17, 15) is 19.2 Å². The van der Waals surface area contributed by atoms with Crippen LogP contribution in [0.5, 0.6) is 0 Å². The van der Waals surface area contributed by atoms with Crippen molar-refractivity contribution in [2.24, 2.45) is 17.6 Å². The fourth-order valence-electron chi connectivity index (χ4n) is 5.00. The molecule has 11 heteroatoms. The molecule has 1 aromatic heterocycles. The molecule has 1 aliphatic rings. The molecule has 0 radical (unpaired) electrons. The molecule has 1 fully saturated rings. The number of primary amides is 1. The van der Waals surface area contributed by atoms with Crippen LogP contribution in [-0.4, -0.2) is 66.3 Å². The van der Waals surface area contributed by atoms with E-state index in [0.29, 0.717) is 30.0 Å². The summed E-state index contributed by atoms with van der Waals surface area (Å²) in [5.74, 6) is -0.256. The highest BCUT2D eigenvalue weighted by Gasteiger charge is 2.31. The first-order valence-corrected chi connectivity index (χ1v) is 16.4. The second-order valence-corrected chi connectivity index (χ2v) is 12.9. The Labute approximate surface area is 256 Å². The maximum absolute atomic E-state index is 12.7. The van der Waals surface area contributed by atoms with Crippen LogP contribution in [0.25, 0.3) is 0 Å². The summed E-state index contributed by atoms with van der Waals surface area (Å²) in [7, 11) is 3.74. The van der Waals surface area contributed by atoms with E-state index < -0.39 is 12.1 Å². The molecular formula is C31H55N5O5S. The van der Waals surface area contributed by atoms with Gasteiger partial charge in [0.1, 0.15) is 10.7 Å². The molecule has 4 N–H and O–H groups in total. The molecule has 2 atom stereocenters. The van der Waals surface area contributed by atoms with Crippen LogP contribution < -0.4 is 16.4 Å². The minimum absolute atomic E-state index is 0.0759. The number of hydrogen-bond donors (Lipinski definition) is 3. The van der Waals surface area contributed by atoms with Gasteiger partial charge < -0.3 is 26.0 Å². The minimum Gasteiger partial charge on any atom is -0.455 e. The molecule has 1 saturated carbocycles. The molecule has 0 spiro atoms. The fraction of sp³-hybridized carbons (Fsp3) is 0.774. The Bertz CT molecular complexity index is 961. The van der Waals surface area contributed by atoms with Crippen LogP contribution in [0.15, 0.2) is 5.38 Å². The Hall–Kier alpha value is -2.53. The van der Waals surface area contributed by atoms with Crippen molar-refractivity contribution in [2.75, 3.05) is 20.6 Å². The summed E-state index contributed by atoms with van der Waals surface area (Å²) in [4.78, 5) is 53.7. The average molecular weight is 610 g/mol. The molecule has 0 aromatic carbocycles. The quantitative estimate of drug-likeness (QED) is 0.177. The van der Waals surface area contributed by atoms with E-state index in [0.717, 1.165) is 51.5 Å². The van der Waals surface area contributed by atoms with E-state index in [4.69, 9.17) is 10.5 Å². The van der Waals surface area contributed by atoms with E-state index >= 15 is 0 Å². The van der Waals surface area contributed by atoms with Crippen LogP contribution in [0.3, 0.4) is 0 Å². The smallest absolute Gasteiger partial charge is 0.303 e. The van der Waals surface area contributed by atoms with Crippen LogP contribution in [0.1, 0.15) is 127 Å². The number of thiazole rings is 1. The summed E-state index contributed by atoms with van der Waals surface area (Å²) in [6.45, 7) is 10.5. The van der Waals surface area contributed by atoms with Gasteiger partial charge in [-0.2, -0.15) is 0 Å². The van der Waals surface area contributed by atoms with Gasteiger partial charge in [-0.05, 0) is 51.1 Å². The lowest BCUT2D eigenvalue weighted by molar-refractivity contribution is -0.148. The van der Waals surface area contributed by atoms with Crippen molar-refractivity contribution >= 4 is 35.0 Å². The monoisotopic (exact) mass is 609 g/mol. The van der Waals surface area contributed by atoms with Crippen molar-refractivity contribution in [3.05, 3.63) is 16.1 Å². The van der Waals surface area contributed by atoms with Crippen molar-refractivity contribution < 1.29 is 23.9 Å². The zero-order valence-corrected chi connectivity index (χ0v) is 27.7. The number of carbonyl (C=O) groups excluding carboxylic acids is 4. The third-order valence-corrected chi connectivity index (χ3v) is 8.26. The second kappa shape index (κ2) is 20.4. The zero-order valence-electron chi connectivity index (χ0n) is 26.9. The number of ether oxygens (including phenoxy) is 1. The van der Waals surface area contributed by atoms with Gasteiger partial charge in [0.2, 0.25) is 11.8 Å². The molecule has 1 aromatic rings. The van der Waals surface area contributed by atoms with Crippen molar-refractivity contribution in [3.8, 4) is 0 Å². The Kier molecular flexibility index (Phi) is 18.2. The fourth-order valence-corrected chi connectivity index (χ4v) is 5.84. The number of carbonyl (C=O) groups is 4. The summed E-state index contributed by atoms with van der Waals surface area (Å²) in [6.07, 6.45) is 9.50. The number of rotatable bonds is 16. The highest BCUT2D eigenvalue weighted by molar-refractivity contribution is 7.09. The van der Waals surface area contributed by atoms with Crippen LogP contribution in [-0.2, 0) is 19.1 Å². The molecule has 42 heavy (non-hydrogen) atoms. The normalized spacial score (nSPS) is 15.0. The summed E-state index contributed by atoms with van der Waals surface area (Å²) < 4.78 is 5.61. The summed E-state index contributed by atoms with van der Waals surface area (Å²) in [5.41, 5.74) is 5.31. The molecule has 0 bridgehead atoms. The molecule has 1 aliphatic carbocycles. The van der Waals surface area contributed by atoms with Crippen molar-refractivity contribution in [1.29, 1.82) is 0 Å². The van der Waals surface area contributed by atoms with Crippen LogP contribution in [0.2, 0.25) is 0 Å². The van der Waals surface area contributed by atoms with E-state index in [-0.39, 0.29) is 41.6 Å². The Morgan fingerprint density at radius 3 is 2.31 bits per heavy atom. The van der Waals surface area contributed by atoms with Crippen LogP contribution >= 0.6 is 11.3 Å². The van der Waals surface area contributed by atoms with Crippen LogP contribution in [0, 0.1) is 11.8 Å². The topological polar surface area (TPSA) is 144 Å². The predicted molar refractivity (Wildman–Crippen MR) is 168 cm³/mol. The number of unbranched alkanes of at least 4 members (excludes halogenated alkanes) is 2. The maximum Gasteiger partial charge on any atom is 0.303 e. The van der Waals surface area contributed by atoms with Crippen LogP contribution in [0.4, 0.5) is 0 Å². The van der Waals surface area contributed by atoms with Gasteiger partial charge in [0.25, 0.3) is 5.91 Å². The second-order valence-electron chi connectivity index (χ2n) is 12.0. The first-order chi connectivity index (χ1) is 19.8. The van der Waals surface area contributed by atoms with Gasteiger partial charge in [-0.25, -0.2) is 4.98 Å². The van der Waals surface area contributed by atoms with Gasteiger partial charge in [0.15, 0.2) is 6.10 Å². The van der Waals surface area contributed by atoms with E-state index in [1.807, 2.05) is 27.9 Å². The number of nitrogens with one attached hydrogen (secondary N) is 2. The molecular weight excluding hydrogens is 554 g/mol. The largest absolute Gasteiger partial charge is 0.455 e. The predicted octanol–water partition coefficient (Wildman–Crippen LogP) is 4.98. The third-order valence-electron chi connectivity index (χ3n) is 7.33. The number of esters is 1. The Morgan fingerprint density at radius 1 is 1.10 bits per heavy atom. The van der Waals surface area contributed by atoms with Crippen molar-refractivity contribution in [3.63, 3.8) is 0 Å². The number of nitrogens with two attached hydrogens (primary N) is 1. The molecule has 1 heterocycles. The lowest BCUT2D eigenvalue weighted by Crippen LogP contribution is -2.42. The molecule has 2 rings (SSSR count). The molecule has 2 unspecified atom stereocenters. The first kappa shape index (κ1) is 37.5. The van der Waals surface area contributed by atoms with Gasteiger partial charge in [-0.3, -0.25) is 19.2 Å². The molecule has 0 aliphatic heterocycles. The van der Waals surface area contributed by atoms with Gasteiger partial charge in [0, 0.05) is 50.7 Å². The van der Waals surface area contributed by atoms with Crippen molar-refractivity contribution in [2.45, 2.75) is 123 Å². The molecule has 240 valence electrons. The Balaban J connectivity index is 0.000000752. The summed E-state index contributed by atoms with van der Waals surface area (Å²) in [5, 5.41) is 8.43. The number of nitrogens with zero attached hydrogens (tertiary/aromatic N) is 2. The summed E-state index contributed by atoms with van der Waals surface area (Å²) in [6, 6.07) is 0.0885. The zero-order chi connectivity index (χ0) is 31.7. The highest BCUT2D eigenvalue weighted by Crippen LogP contribution is 2.31. The molecule has 3 amide bonds. The average Bonchev–Trinajstić information content (AvgIpc) is 3.41. The number of hydrogen-bond acceptors (Lipinski definition) is 8. The minimum atomic E-state index is -0.601. The first-order valence-electron chi connectivity index (χ1n) is 15.5. The van der Waals surface area contributed by atoms with Gasteiger partial charge in [-0.1, -0.05) is 53.4 Å². The SMILES string of the molecule is CC(=O)OC(CC(C(C)C)N(C)C(=O)CC(C)C)c1nc(C(=O)NC2CCCCC2)cs1.CNCCCCCC(N)=O. The standard InChI is InChI=1S/C24H39N3O4S.C7H16N2O/c1-15(2)12-22(29)27(6)20(16(3)4)13-21(31-17(5)28)24-26-19(14-32-24)23(30)25-18-10-8-7-9-11-18;1-9-6-4-2-3-5-7(8)10/h14-16,18,20-21H,7-13H2,1-6H3,(H,25,30);9H,2-6H2,1H3,(H2,8,10). The lowest BCUT2D eigenvalue weighted by Gasteiger charge is -2.34. The van der Waals surface area contributed by atoms with E-state index in [1.165, 1.54) is 24.7 Å². The maximum atomic E-state index is 12.7. The van der Waals surface area contributed by atoms with E-state index in [1.54, 1.807) is 10.3 Å². The Morgan fingerprint density at radius 2 is 1.76 bits per heavy atom. The highest BCUT2D eigenvalue weighted by atomic mass is 32.1.